The lowest BCUT2D eigenvalue weighted by atomic mass is 10.0. The number of hydrogen-bond donors (Lipinski definition) is 2. The maximum absolute atomic E-state index is 13.6. The van der Waals surface area contributed by atoms with Crippen LogP contribution in [0.1, 0.15) is 16.8 Å². The Balaban J connectivity index is 2.33. The molecule has 0 atom stereocenters. The van der Waals surface area contributed by atoms with Crippen LogP contribution < -0.4 is 11.1 Å². The standard InChI is InChI=1S/C14H15FN2O/c15-13-7-6-12(14(18)17-9-3-8-16)10-4-1-2-5-11(10)13/h1-2,4-7H,3,8-9,16H2,(H,17,18). The average molecular weight is 246 g/mol. The molecule has 0 aliphatic rings. The minimum Gasteiger partial charge on any atom is -0.352 e. The van der Waals surface area contributed by atoms with Gasteiger partial charge >= 0.3 is 0 Å². The van der Waals surface area contributed by atoms with Gasteiger partial charge in [-0.3, -0.25) is 4.79 Å². The van der Waals surface area contributed by atoms with E-state index in [1.54, 1.807) is 24.3 Å². The highest BCUT2D eigenvalue weighted by Crippen LogP contribution is 2.21. The van der Waals surface area contributed by atoms with E-state index in [-0.39, 0.29) is 11.7 Å². The van der Waals surface area contributed by atoms with Crippen molar-refractivity contribution in [1.82, 2.24) is 5.32 Å². The molecule has 1 amide bonds. The number of rotatable bonds is 4. The van der Waals surface area contributed by atoms with E-state index in [9.17, 15) is 9.18 Å². The molecule has 0 aliphatic heterocycles. The zero-order chi connectivity index (χ0) is 13.0. The number of hydrogen-bond acceptors (Lipinski definition) is 2. The maximum atomic E-state index is 13.6. The molecule has 2 aromatic carbocycles. The highest BCUT2D eigenvalue weighted by molar-refractivity contribution is 6.07. The lowest BCUT2D eigenvalue weighted by molar-refractivity contribution is 0.0955. The molecular weight excluding hydrogens is 231 g/mol. The van der Waals surface area contributed by atoms with E-state index in [1.807, 2.05) is 0 Å². The number of nitrogens with two attached hydrogens (primary N) is 1. The molecule has 0 radical (unpaired) electrons. The van der Waals surface area contributed by atoms with E-state index in [1.165, 1.54) is 12.1 Å². The van der Waals surface area contributed by atoms with Crippen LogP contribution in [0.15, 0.2) is 36.4 Å². The van der Waals surface area contributed by atoms with Crippen LogP contribution in [0, 0.1) is 5.82 Å². The van der Waals surface area contributed by atoms with Crippen LogP contribution in [0.2, 0.25) is 0 Å². The van der Waals surface area contributed by atoms with Gasteiger partial charge in [-0.25, -0.2) is 4.39 Å². The summed E-state index contributed by atoms with van der Waals surface area (Å²) in [7, 11) is 0. The number of fused-ring (bicyclic) bond motifs is 1. The summed E-state index contributed by atoms with van der Waals surface area (Å²) >= 11 is 0. The number of benzene rings is 2. The number of halogens is 1. The second-order valence-corrected chi connectivity index (χ2v) is 4.04. The van der Waals surface area contributed by atoms with Crippen molar-refractivity contribution in [2.45, 2.75) is 6.42 Å². The molecule has 0 saturated heterocycles. The fourth-order valence-corrected chi connectivity index (χ4v) is 1.86. The summed E-state index contributed by atoms with van der Waals surface area (Å²) < 4.78 is 13.6. The molecule has 94 valence electrons. The molecular formula is C14H15FN2O. The Morgan fingerprint density at radius 2 is 1.89 bits per heavy atom. The Bertz CT molecular complexity index is 569. The van der Waals surface area contributed by atoms with Crippen molar-refractivity contribution < 1.29 is 9.18 Å². The molecule has 0 aromatic heterocycles. The first-order chi connectivity index (χ1) is 8.74. The topological polar surface area (TPSA) is 55.1 Å². The normalized spacial score (nSPS) is 10.6. The van der Waals surface area contributed by atoms with Crippen LogP contribution in [0.5, 0.6) is 0 Å². The van der Waals surface area contributed by atoms with Gasteiger partial charge in [0.2, 0.25) is 0 Å². The second kappa shape index (κ2) is 5.60. The molecule has 0 aliphatic carbocycles. The van der Waals surface area contributed by atoms with Crippen molar-refractivity contribution in [1.29, 1.82) is 0 Å². The van der Waals surface area contributed by atoms with E-state index < -0.39 is 0 Å². The largest absolute Gasteiger partial charge is 0.352 e. The van der Waals surface area contributed by atoms with Crippen LogP contribution in [-0.2, 0) is 0 Å². The van der Waals surface area contributed by atoms with E-state index in [2.05, 4.69) is 5.32 Å². The van der Waals surface area contributed by atoms with Crippen molar-refractivity contribution in [3.05, 3.63) is 47.8 Å². The molecule has 4 heteroatoms. The van der Waals surface area contributed by atoms with Gasteiger partial charge < -0.3 is 11.1 Å². The lowest BCUT2D eigenvalue weighted by Gasteiger charge is -2.08. The molecule has 3 N–H and O–H groups in total. The second-order valence-electron chi connectivity index (χ2n) is 4.04. The van der Waals surface area contributed by atoms with Gasteiger partial charge in [0.25, 0.3) is 5.91 Å². The van der Waals surface area contributed by atoms with Crippen molar-refractivity contribution >= 4 is 16.7 Å². The quantitative estimate of drug-likeness (QED) is 0.811. The van der Waals surface area contributed by atoms with Crippen molar-refractivity contribution in [3.63, 3.8) is 0 Å². The summed E-state index contributed by atoms with van der Waals surface area (Å²) in [6.45, 7) is 1.06. The zero-order valence-corrected chi connectivity index (χ0v) is 9.95. The first kappa shape index (κ1) is 12.5. The molecule has 18 heavy (non-hydrogen) atoms. The Kier molecular flexibility index (Phi) is 3.89. The summed E-state index contributed by atoms with van der Waals surface area (Å²) in [6, 6.07) is 9.78. The van der Waals surface area contributed by atoms with Gasteiger partial charge in [-0.15, -0.1) is 0 Å². The maximum Gasteiger partial charge on any atom is 0.251 e. The van der Waals surface area contributed by atoms with Gasteiger partial charge in [0, 0.05) is 17.5 Å². The van der Waals surface area contributed by atoms with Crippen molar-refractivity contribution in [3.8, 4) is 0 Å². The zero-order valence-electron chi connectivity index (χ0n) is 9.95. The van der Waals surface area contributed by atoms with E-state index in [0.717, 1.165) is 6.42 Å². The number of carbonyl (C=O) groups excluding carboxylic acids is 1. The van der Waals surface area contributed by atoms with Crippen LogP contribution in [0.4, 0.5) is 4.39 Å². The molecule has 0 fully saturated rings. The summed E-state index contributed by atoms with van der Waals surface area (Å²) in [5.41, 5.74) is 5.85. The van der Waals surface area contributed by atoms with Gasteiger partial charge in [-0.2, -0.15) is 0 Å². The summed E-state index contributed by atoms with van der Waals surface area (Å²) in [5, 5.41) is 3.86. The fourth-order valence-electron chi connectivity index (χ4n) is 1.86. The van der Waals surface area contributed by atoms with E-state index in [4.69, 9.17) is 5.73 Å². The van der Waals surface area contributed by atoms with Gasteiger partial charge in [0.05, 0.1) is 0 Å². The van der Waals surface area contributed by atoms with E-state index >= 15 is 0 Å². The monoisotopic (exact) mass is 246 g/mol. The van der Waals surface area contributed by atoms with Crippen molar-refractivity contribution in [2.24, 2.45) is 5.73 Å². The van der Waals surface area contributed by atoms with Gasteiger partial charge in [-0.05, 0) is 30.5 Å². The third-order valence-corrected chi connectivity index (χ3v) is 2.78. The Labute approximate surface area is 105 Å². The predicted octanol–water partition coefficient (Wildman–Crippen LogP) is 2.06. The van der Waals surface area contributed by atoms with Gasteiger partial charge in [0.15, 0.2) is 0 Å². The molecule has 2 aromatic rings. The summed E-state index contributed by atoms with van der Waals surface area (Å²) in [6.07, 6.45) is 0.727. The molecule has 0 bridgehead atoms. The average Bonchev–Trinajstić information content (AvgIpc) is 2.39. The van der Waals surface area contributed by atoms with Crippen LogP contribution >= 0.6 is 0 Å². The van der Waals surface area contributed by atoms with Crippen LogP contribution in [0.3, 0.4) is 0 Å². The fraction of sp³-hybridized carbons (Fsp3) is 0.214. The van der Waals surface area contributed by atoms with Gasteiger partial charge in [-0.1, -0.05) is 24.3 Å². The molecule has 0 heterocycles. The molecule has 0 spiro atoms. The molecule has 0 saturated carbocycles. The Morgan fingerprint density at radius 3 is 2.61 bits per heavy atom. The minimum absolute atomic E-state index is 0.195. The molecule has 2 rings (SSSR count). The van der Waals surface area contributed by atoms with Gasteiger partial charge in [0.1, 0.15) is 5.82 Å². The molecule has 0 unspecified atom stereocenters. The minimum atomic E-state index is -0.316. The SMILES string of the molecule is NCCCNC(=O)c1ccc(F)c2ccccc12. The number of nitrogens with one attached hydrogen (secondary N) is 1. The summed E-state index contributed by atoms with van der Waals surface area (Å²) in [4.78, 5) is 12.0. The molecule has 3 nitrogen and oxygen atoms in total. The number of carbonyl (C=O) groups is 1. The predicted molar refractivity (Wildman–Crippen MR) is 69.9 cm³/mol. The Morgan fingerprint density at radius 1 is 1.17 bits per heavy atom. The van der Waals surface area contributed by atoms with Crippen LogP contribution in [0.25, 0.3) is 10.8 Å². The van der Waals surface area contributed by atoms with E-state index in [0.29, 0.717) is 29.4 Å². The highest BCUT2D eigenvalue weighted by atomic mass is 19.1. The number of amides is 1. The third-order valence-electron chi connectivity index (χ3n) is 2.78. The summed E-state index contributed by atoms with van der Waals surface area (Å²) in [5.74, 6) is -0.510. The smallest absolute Gasteiger partial charge is 0.251 e. The van der Waals surface area contributed by atoms with Crippen molar-refractivity contribution in [2.75, 3.05) is 13.1 Å². The first-order valence-electron chi connectivity index (χ1n) is 5.89. The Hall–Kier alpha value is -1.94. The highest BCUT2D eigenvalue weighted by Gasteiger charge is 2.11. The van der Waals surface area contributed by atoms with Crippen LogP contribution in [-0.4, -0.2) is 19.0 Å². The lowest BCUT2D eigenvalue weighted by Crippen LogP contribution is -2.26. The third kappa shape index (κ3) is 2.49. The first-order valence-corrected chi connectivity index (χ1v) is 5.89.